The van der Waals surface area contributed by atoms with Gasteiger partial charge in [0.2, 0.25) is 0 Å². The van der Waals surface area contributed by atoms with Gasteiger partial charge in [-0.25, -0.2) is 4.79 Å². The molecule has 0 bridgehead atoms. The predicted octanol–water partition coefficient (Wildman–Crippen LogP) is 1.18. The van der Waals surface area contributed by atoms with Crippen molar-refractivity contribution in [2.24, 2.45) is 0 Å². The van der Waals surface area contributed by atoms with E-state index in [-0.39, 0.29) is 5.75 Å². The molecule has 0 aromatic heterocycles. The standard InChI is InChI=1S/C9H7O5P/c10-9(11)6-3-7-1-4-8(5-2-7)14-15(12)13/h1-6H,(H,10,11)/b6-3+. The summed E-state index contributed by atoms with van der Waals surface area (Å²) < 4.78 is 14.6. The van der Waals surface area contributed by atoms with Crippen molar-refractivity contribution in [3.8, 4) is 5.75 Å². The van der Waals surface area contributed by atoms with Crippen molar-refractivity contribution in [3.63, 3.8) is 0 Å². The zero-order valence-electron chi connectivity index (χ0n) is 7.49. The van der Waals surface area contributed by atoms with E-state index in [0.29, 0.717) is 5.56 Å². The molecule has 0 spiro atoms. The van der Waals surface area contributed by atoms with Crippen molar-refractivity contribution in [2.45, 2.75) is 0 Å². The Morgan fingerprint density at radius 2 is 2.00 bits per heavy atom. The summed E-state index contributed by atoms with van der Waals surface area (Å²) in [6.45, 7) is 0. The van der Waals surface area contributed by atoms with Gasteiger partial charge in [0, 0.05) is 6.08 Å². The highest BCUT2D eigenvalue weighted by molar-refractivity contribution is 7.31. The highest BCUT2D eigenvalue weighted by Crippen LogP contribution is 2.20. The van der Waals surface area contributed by atoms with Crippen LogP contribution < -0.4 is 9.42 Å². The van der Waals surface area contributed by atoms with Crippen LogP contribution in [0.1, 0.15) is 5.56 Å². The Morgan fingerprint density at radius 1 is 1.40 bits per heavy atom. The number of carboxylic acid groups (broad SMARTS) is 1. The number of benzene rings is 1. The Morgan fingerprint density at radius 3 is 2.47 bits per heavy atom. The molecule has 1 aromatic carbocycles. The van der Waals surface area contributed by atoms with Crippen LogP contribution in [-0.4, -0.2) is 11.1 Å². The van der Waals surface area contributed by atoms with Crippen molar-refractivity contribution >= 4 is 20.3 Å². The number of rotatable bonds is 4. The van der Waals surface area contributed by atoms with Gasteiger partial charge in [-0.05, 0) is 28.3 Å². The fourth-order valence-electron chi connectivity index (χ4n) is 0.893. The minimum absolute atomic E-state index is 0.193. The van der Waals surface area contributed by atoms with Crippen LogP contribution >= 0.6 is 8.25 Å². The van der Waals surface area contributed by atoms with Gasteiger partial charge in [-0.3, -0.25) is 4.52 Å². The predicted molar refractivity (Wildman–Crippen MR) is 51.3 cm³/mol. The van der Waals surface area contributed by atoms with Gasteiger partial charge in [-0.1, -0.05) is 12.1 Å². The third kappa shape index (κ3) is 4.35. The molecule has 0 saturated heterocycles. The molecular formula is C9H7O5P. The molecule has 0 fully saturated rings. The summed E-state index contributed by atoms with van der Waals surface area (Å²) in [4.78, 5) is 20.4. The quantitative estimate of drug-likeness (QED) is 0.615. The monoisotopic (exact) mass is 226 g/mol. The van der Waals surface area contributed by atoms with Crippen LogP contribution in [0.4, 0.5) is 0 Å². The van der Waals surface area contributed by atoms with Crippen LogP contribution in [0.25, 0.3) is 6.08 Å². The lowest BCUT2D eigenvalue weighted by molar-refractivity contribution is -0.178. The second kappa shape index (κ2) is 5.24. The van der Waals surface area contributed by atoms with Crippen LogP contribution in [0, 0.1) is 0 Å². The van der Waals surface area contributed by atoms with E-state index in [4.69, 9.17) is 5.11 Å². The average molecular weight is 226 g/mol. The van der Waals surface area contributed by atoms with Crippen LogP contribution in [0.5, 0.6) is 5.75 Å². The topological polar surface area (TPSA) is 86.7 Å². The molecule has 0 aliphatic heterocycles. The SMILES string of the molecule is O=C(O)/C=C/c1ccc(O[P+](=O)[O-])cc1. The molecule has 1 atom stereocenters. The zero-order chi connectivity index (χ0) is 11.3. The summed E-state index contributed by atoms with van der Waals surface area (Å²) in [6.07, 6.45) is 2.38. The van der Waals surface area contributed by atoms with Crippen LogP contribution in [0.3, 0.4) is 0 Å². The van der Waals surface area contributed by atoms with E-state index in [1.807, 2.05) is 0 Å². The highest BCUT2D eigenvalue weighted by atomic mass is 31.1. The molecule has 0 heterocycles. The largest absolute Gasteiger partial charge is 0.558 e. The first-order valence-electron chi connectivity index (χ1n) is 3.91. The Labute approximate surface area is 86.6 Å². The van der Waals surface area contributed by atoms with Gasteiger partial charge in [-0.2, -0.15) is 0 Å². The van der Waals surface area contributed by atoms with E-state index in [1.165, 1.54) is 18.2 Å². The molecule has 6 heteroatoms. The summed E-state index contributed by atoms with van der Waals surface area (Å²) in [6, 6.07) is 5.97. The summed E-state index contributed by atoms with van der Waals surface area (Å²) in [5.41, 5.74) is 0.644. The lowest BCUT2D eigenvalue weighted by atomic mass is 10.2. The number of carboxylic acids is 1. The lowest BCUT2D eigenvalue weighted by Crippen LogP contribution is -1.92. The van der Waals surface area contributed by atoms with E-state index in [9.17, 15) is 14.3 Å². The molecule has 15 heavy (non-hydrogen) atoms. The van der Waals surface area contributed by atoms with Gasteiger partial charge < -0.3 is 10.00 Å². The maximum Gasteiger partial charge on any atom is 0.539 e. The first-order valence-corrected chi connectivity index (χ1v) is 5.01. The maximum atomic E-state index is 10.2. The second-order valence-electron chi connectivity index (χ2n) is 2.56. The van der Waals surface area contributed by atoms with E-state index < -0.39 is 14.2 Å². The zero-order valence-corrected chi connectivity index (χ0v) is 8.39. The van der Waals surface area contributed by atoms with Gasteiger partial charge in [0.15, 0.2) is 5.75 Å². The van der Waals surface area contributed by atoms with Crippen LogP contribution in [0.2, 0.25) is 0 Å². The Hall–Kier alpha value is -1.71. The first kappa shape index (κ1) is 11.4. The normalized spacial score (nSPS) is 11.4. The molecular weight excluding hydrogens is 219 g/mol. The average Bonchev–Trinajstić information content (AvgIpc) is 2.16. The van der Waals surface area contributed by atoms with Gasteiger partial charge in [-0.15, -0.1) is 0 Å². The molecule has 0 saturated carbocycles. The maximum absolute atomic E-state index is 10.2. The minimum Gasteiger partial charge on any atom is -0.558 e. The summed E-state index contributed by atoms with van der Waals surface area (Å²) in [7, 11) is -2.92. The number of carbonyl (C=O) groups is 1. The smallest absolute Gasteiger partial charge is 0.539 e. The van der Waals surface area contributed by atoms with E-state index >= 15 is 0 Å². The Balaban J connectivity index is 2.72. The molecule has 1 N–H and O–H groups in total. The molecule has 0 aliphatic rings. The summed E-state index contributed by atoms with van der Waals surface area (Å²) >= 11 is 0. The second-order valence-corrected chi connectivity index (χ2v) is 3.19. The van der Waals surface area contributed by atoms with Crippen molar-refractivity contribution in [1.29, 1.82) is 0 Å². The molecule has 1 rings (SSSR count). The fourth-order valence-corrected chi connectivity index (χ4v) is 1.19. The molecule has 5 nitrogen and oxygen atoms in total. The van der Waals surface area contributed by atoms with Crippen LogP contribution in [-0.2, 0) is 9.36 Å². The number of hydrogen-bond donors (Lipinski definition) is 1. The highest BCUT2D eigenvalue weighted by Gasteiger charge is 2.03. The Kier molecular flexibility index (Phi) is 3.97. The van der Waals surface area contributed by atoms with E-state index in [0.717, 1.165) is 6.08 Å². The van der Waals surface area contributed by atoms with Gasteiger partial charge in [0.05, 0.1) is 0 Å². The van der Waals surface area contributed by atoms with Crippen molar-refractivity contribution < 1.29 is 23.9 Å². The first-order chi connectivity index (χ1) is 7.08. The number of hydrogen-bond acceptors (Lipinski definition) is 4. The van der Waals surface area contributed by atoms with Crippen molar-refractivity contribution in [3.05, 3.63) is 35.9 Å². The molecule has 78 valence electrons. The third-order valence-electron chi connectivity index (χ3n) is 1.48. The van der Waals surface area contributed by atoms with Crippen LogP contribution in [0.15, 0.2) is 30.3 Å². The molecule has 0 aliphatic carbocycles. The molecule has 0 radical (unpaired) electrons. The molecule has 1 aromatic rings. The fraction of sp³-hybridized carbons (Fsp3) is 0. The van der Waals surface area contributed by atoms with E-state index in [1.54, 1.807) is 12.1 Å². The van der Waals surface area contributed by atoms with Gasteiger partial charge in [0.25, 0.3) is 0 Å². The van der Waals surface area contributed by atoms with E-state index in [2.05, 4.69) is 4.52 Å². The Bertz CT molecular complexity index is 395. The molecule has 0 amide bonds. The minimum atomic E-state index is -2.92. The van der Waals surface area contributed by atoms with Gasteiger partial charge in [0.1, 0.15) is 0 Å². The van der Waals surface area contributed by atoms with Crippen molar-refractivity contribution in [2.75, 3.05) is 0 Å². The summed E-state index contributed by atoms with van der Waals surface area (Å²) in [5.74, 6) is -0.850. The molecule has 1 unspecified atom stereocenters. The third-order valence-corrected chi connectivity index (χ3v) is 1.84. The van der Waals surface area contributed by atoms with Crippen molar-refractivity contribution in [1.82, 2.24) is 0 Å². The summed E-state index contributed by atoms with van der Waals surface area (Å²) in [5, 5.41) is 8.36. The number of aliphatic carboxylic acids is 1. The van der Waals surface area contributed by atoms with Gasteiger partial charge >= 0.3 is 14.2 Å². The lowest BCUT2D eigenvalue weighted by Gasteiger charge is -1.95.